The lowest BCUT2D eigenvalue weighted by Crippen LogP contribution is -2.30. The molecule has 30 heavy (non-hydrogen) atoms. The molecule has 0 N–H and O–H groups in total. The molecule has 3 nitrogen and oxygen atoms in total. The van der Waals surface area contributed by atoms with Crippen LogP contribution in [0.5, 0.6) is 0 Å². The van der Waals surface area contributed by atoms with E-state index in [4.69, 9.17) is 4.42 Å². The summed E-state index contributed by atoms with van der Waals surface area (Å²) >= 11 is 0. The second kappa shape index (κ2) is 7.10. The van der Waals surface area contributed by atoms with Gasteiger partial charge < -0.3 is 4.42 Å². The molecule has 3 aromatic heterocycles. The molecule has 3 heterocycles. The Balaban J connectivity index is 1.72. The molecule has 0 aliphatic carbocycles. The number of fused-ring (bicyclic) bond motifs is 3. The van der Waals surface area contributed by atoms with Crippen molar-refractivity contribution in [1.82, 2.24) is 4.98 Å². The van der Waals surface area contributed by atoms with Gasteiger partial charge in [-0.2, -0.15) is 0 Å². The second-order valence-electron chi connectivity index (χ2n) is 8.28. The van der Waals surface area contributed by atoms with Gasteiger partial charge in [0.05, 0.1) is 5.56 Å². The number of hydrogen-bond acceptors (Lipinski definition) is 2. The van der Waals surface area contributed by atoms with Gasteiger partial charge in [-0.15, -0.1) is 0 Å². The predicted octanol–water partition coefficient (Wildman–Crippen LogP) is 6.57. The normalized spacial score (nSPS) is 11.6. The van der Waals surface area contributed by atoms with Crippen molar-refractivity contribution in [3.8, 4) is 22.4 Å². The topological polar surface area (TPSA) is 29.9 Å². The fraction of sp³-hybridized carbons (Fsp3) is 0.185. The van der Waals surface area contributed by atoms with E-state index in [1.807, 2.05) is 6.07 Å². The minimum atomic E-state index is 0.533. The summed E-state index contributed by atoms with van der Waals surface area (Å²) in [6, 6.07) is 21.6. The number of hydrogen-bond donors (Lipinski definition) is 0. The van der Waals surface area contributed by atoms with Crippen LogP contribution in [0.15, 0.2) is 77.5 Å². The molecule has 5 aromatic rings. The maximum atomic E-state index is 6.24. The lowest BCUT2D eigenvalue weighted by Gasteiger charge is -2.09. The minimum Gasteiger partial charge on any atom is -0.437 e. The van der Waals surface area contributed by atoms with Crippen molar-refractivity contribution in [2.75, 3.05) is 0 Å². The van der Waals surface area contributed by atoms with Gasteiger partial charge in [0.25, 0.3) is 0 Å². The van der Waals surface area contributed by atoms with E-state index >= 15 is 0 Å². The molecular formula is C27H25N2O+. The van der Waals surface area contributed by atoms with E-state index in [-0.39, 0.29) is 0 Å². The Morgan fingerprint density at radius 3 is 2.47 bits per heavy atom. The van der Waals surface area contributed by atoms with E-state index in [1.54, 1.807) is 6.20 Å². The van der Waals surface area contributed by atoms with E-state index in [0.717, 1.165) is 27.6 Å². The number of aryl methyl sites for hydroxylation is 2. The van der Waals surface area contributed by atoms with Gasteiger partial charge in [-0.1, -0.05) is 50.2 Å². The second-order valence-corrected chi connectivity index (χ2v) is 8.28. The highest BCUT2D eigenvalue weighted by Crippen LogP contribution is 2.37. The van der Waals surface area contributed by atoms with Crippen LogP contribution in [0.1, 0.15) is 30.9 Å². The minimum absolute atomic E-state index is 0.533. The lowest BCUT2D eigenvalue weighted by atomic mass is 9.96. The Morgan fingerprint density at radius 1 is 0.900 bits per heavy atom. The highest BCUT2D eigenvalue weighted by molar-refractivity contribution is 6.08. The summed E-state index contributed by atoms with van der Waals surface area (Å²) in [6.45, 7) is 6.59. The molecular weight excluding hydrogens is 368 g/mol. The number of pyridine rings is 2. The zero-order valence-corrected chi connectivity index (χ0v) is 17.8. The van der Waals surface area contributed by atoms with Gasteiger partial charge in [0.1, 0.15) is 7.05 Å². The third-order valence-electron chi connectivity index (χ3n) is 5.94. The van der Waals surface area contributed by atoms with Crippen LogP contribution >= 0.6 is 0 Å². The van der Waals surface area contributed by atoms with Crippen LogP contribution in [0.2, 0.25) is 0 Å². The van der Waals surface area contributed by atoms with Crippen LogP contribution < -0.4 is 4.57 Å². The Labute approximate surface area is 176 Å². The van der Waals surface area contributed by atoms with Crippen LogP contribution in [0, 0.1) is 6.92 Å². The molecule has 0 saturated carbocycles. The zero-order chi connectivity index (χ0) is 20.8. The SMILES string of the molecule is Cc1ccc2c(oc3ncccc32)c1-c1cc(-c2ccc(C(C)C)cc2)cc[n+]1C. The molecule has 0 amide bonds. The Morgan fingerprint density at radius 2 is 1.70 bits per heavy atom. The number of benzene rings is 2. The summed E-state index contributed by atoms with van der Waals surface area (Å²) in [5, 5.41) is 2.15. The molecule has 148 valence electrons. The van der Waals surface area contributed by atoms with Crippen molar-refractivity contribution < 1.29 is 8.98 Å². The predicted molar refractivity (Wildman–Crippen MR) is 122 cm³/mol. The first-order valence-corrected chi connectivity index (χ1v) is 10.4. The quantitative estimate of drug-likeness (QED) is 0.324. The smallest absolute Gasteiger partial charge is 0.227 e. The maximum Gasteiger partial charge on any atom is 0.227 e. The number of nitrogens with zero attached hydrogens (tertiary/aromatic N) is 2. The molecule has 0 spiro atoms. The van der Waals surface area contributed by atoms with Crippen molar-refractivity contribution in [3.63, 3.8) is 0 Å². The Bertz CT molecular complexity index is 1380. The number of furan rings is 1. The van der Waals surface area contributed by atoms with Gasteiger partial charge in [-0.25, -0.2) is 9.55 Å². The first-order valence-electron chi connectivity index (χ1n) is 10.4. The van der Waals surface area contributed by atoms with Gasteiger partial charge in [0.2, 0.25) is 11.4 Å². The zero-order valence-electron chi connectivity index (χ0n) is 17.8. The van der Waals surface area contributed by atoms with Crippen LogP contribution in [-0.2, 0) is 7.05 Å². The Kier molecular flexibility index (Phi) is 4.39. The summed E-state index contributed by atoms with van der Waals surface area (Å²) in [4.78, 5) is 4.42. The highest BCUT2D eigenvalue weighted by Gasteiger charge is 2.21. The van der Waals surface area contributed by atoms with E-state index in [9.17, 15) is 0 Å². The first kappa shape index (κ1) is 18.6. The highest BCUT2D eigenvalue weighted by atomic mass is 16.3. The van der Waals surface area contributed by atoms with Crippen LogP contribution in [-0.4, -0.2) is 4.98 Å². The summed E-state index contributed by atoms with van der Waals surface area (Å²) < 4.78 is 8.40. The van der Waals surface area contributed by atoms with Crippen molar-refractivity contribution in [2.45, 2.75) is 26.7 Å². The molecule has 0 saturated heterocycles. The standard InChI is InChI=1S/C27H25N2O/c1-17(2)19-8-10-20(11-9-19)21-13-15-29(4)24(16-21)25-18(3)7-12-22-23-6-5-14-28-27(23)30-26(22)25/h5-17H,1-4H3/q+1. The molecule has 2 aromatic carbocycles. The molecule has 0 bridgehead atoms. The number of rotatable bonds is 3. The summed E-state index contributed by atoms with van der Waals surface area (Å²) in [7, 11) is 2.08. The molecule has 0 fully saturated rings. The van der Waals surface area contributed by atoms with Crippen molar-refractivity contribution in [1.29, 1.82) is 0 Å². The third-order valence-corrected chi connectivity index (χ3v) is 5.94. The van der Waals surface area contributed by atoms with Crippen molar-refractivity contribution in [2.24, 2.45) is 7.05 Å². The fourth-order valence-electron chi connectivity index (χ4n) is 4.15. The molecule has 3 heteroatoms. The summed E-state index contributed by atoms with van der Waals surface area (Å²) in [5.41, 5.74) is 8.78. The fourth-order valence-corrected chi connectivity index (χ4v) is 4.15. The van der Waals surface area contributed by atoms with E-state index < -0.39 is 0 Å². The van der Waals surface area contributed by atoms with E-state index in [2.05, 4.69) is 98.2 Å². The van der Waals surface area contributed by atoms with Gasteiger partial charge in [-0.3, -0.25) is 0 Å². The van der Waals surface area contributed by atoms with Gasteiger partial charge in [0.15, 0.2) is 11.8 Å². The molecule has 0 aliphatic heterocycles. The Hall–Kier alpha value is -3.46. The lowest BCUT2D eigenvalue weighted by molar-refractivity contribution is -0.660. The molecule has 0 aliphatic rings. The van der Waals surface area contributed by atoms with Crippen molar-refractivity contribution in [3.05, 3.63) is 84.2 Å². The monoisotopic (exact) mass is 393 g/mol. The van der Waals surface area contributed by atoms with Crippen LogP contribution in [0.25, 0.3) is 44.5 Å². The maximum absolute atomic E-state index is 6.24. The van der Waals surface area contributed by atoms with Gasteiger partial charge in [-0.05, 0) is 47.2 Å². The van der Waals surface area contributed by atoms with Crippen molar-refractivity contribution >= 4 is 22.1 Å². The molecule has 5 rings (SSSR count). The van der Waals surface area contributed by atoms with E-state index in [0.29, 0.717) is 11.6 Å². The average molecular weight is 394 g/mol. The average Bonchev–Trinajstić information content (AvgIpc) is 3.13. The van der Waals surface area contributed by atoms with Gasteiger partial charge >= 0.3 is 0 Å². The first-order chi connectivity index (χ1) is 14.5. The third kappa shape index (κ3) is 2.98. The summed E-state index contributed by atoms with van der Waals surface area (Å²) in [5.74, 6) is 0.533. The van der Waals surface area contributed by atoms with Crippen LogP contribution in [0.4, 0.5) is 0 Å². The largest absolute Gasteiger partial charge is 0.437 e. The summed E-state index contributed by atoms with van der Waals surface area (Å²) in [6.07, 6.45) is 3.90. The molecule has 0 radical (unpaired) electrons. The number of aromatic nitrogens is 2. The molecule has 0 unspecified atom stereocenters. The van der Waals surface area contributed by atoms with Gasteiger partial charge in [0, 0.05) is 29.1 Å². The van der Waals surface area contributed by atoms with Crippen LogP contribution in [0.3, 0.4) is 0 Å². The molecule has 0 atom stereocenters. The van der Waals surface area contributed by atoms with E-state index in [1.165, 1.54) is 22.3 Å².